The Hall–Kier alpha value is -1.69. The second-order valence-electron chi connectivity index (χ2n) is 5.89. The molecule has 1 aliphatic rings. The number of hydrogen-bond acceptors (Lipinski definition) is 3. The second kappa shape index (κ2) is 5.97. The highest BCUT2D eigenvalue weighted by atomic mass is 19.3. The van der Waals surface area contributed by atoms with E-state index in [0.29, 0.717) is 12.0 Å². The number of ether oxygens (including phenoxy) is 1. The van der Waals surface area contributed by atoms with E-state index in [1.165, 1.54) is 12.1 Å². The minimum atomic E-state index is -2.86. The van der Waals surface area contributed by atoms with Crippen molar-refractivity contribution in [2.45, 2.75) is 45.4 Å². The molecule has 2 unspecified atom stereocenters. The minimum absolute atomic E-state index is 0.0403. The molecule has 0 radical (unpaired) electrons. The second-order valence-corrected chi connectivity index (χ2v) is 5.89. The highest BCUT2D eigenvalue weighted by Crippen LogP contribution is 2.40. The van der Waals surface area contributed by atoms with Crippen LogP contribution >= 0.6 is 0 Å². The molecule has 1 fully saturated rings. The van der Waals surface area contributed by atoms with Crippen LogP contribution in [0.3, 0.4) is 0 Å². The molecule has 0 saturated heterocycles. The van der Waals surface area contributed by atoms with Gasteiger partial charge in [-0.2, -0.15) is 8.78 Å². The van der Waals surface area contributed by atoms with Crippen molar-refractivity contribution in [3.63, 3.8) is 0 Å². The third kappa shape index (κ3) is 3.69. The van der Waals surface area contributed by atoms with Crippen molar-refractivity contribution < 1.29 is 23.4 Å². The van der Waals surface area contributed by atoms with Crippen LogP contribution in [0.1, 0.15) is 25.8 Å². The van der Waals surface area contributed by atoms with Gasteiger partial charge in [-0.05, 0) is 24.1 Å². The molecule has 6 heteroatoms. The Kier molecular flexibility index (Phi) is 4.46. The Labute approximate surface area is 122 Å². The monoisotopic (exact) mass is 299 g/mol. The van der Waals surface area contributed by atoms with E-state index in [2.05, 4.69) is 10.1 Å². The summed E-state index contributed by atoms with van der Waals surface area (Å²) in [6, 6.07) is 5.94. The number of carbonyl (C=O) groups is 1. The number of halogens is 2. The van der Waals surface area contributed by atoms with Crippen LogP contribution in [-0.2, 0) is 11.2 Å². The van der Waals surface area contributed by atoms with Gasteiger partial charge in [0.05, 0.1) is 12.5 Å². The van der Waals surface area contributed by atoms with Crippen LogP contribution in [0.4, 0.5) is 8.78 Å². The standard InChI is InChI=1S/C15H19F2NO3/c1-15(2)11(8-12(15)19)18-13(20)7-9-3-5-10(6-4-9)21-14(16)17/h3-6,11-12,14,19H,7-8H2,1-2H3,(H,18,20). The topological polar surface area (TPSA) is 58.6 Å². The van der Waals surface area contributed by atoms with Gasteiger partial charge in [0, 0.05) is 11.5 Å². The quantitative estimate of drug-likeness (QED) is 0.875. The fourth-order valence-electron chi connectivity index (χ4n) is 2.37. The molecule has 21 heavy (non-hydrogen) atoms. The highest BCUT2D eigenvalue weighted by Gasteiger charge is 2.47. The average Bonchev–Trinajstić information content (AvgIpc) is 2.40. The smallest absolute Gasteiger partial charge is 0.387 e. The molecule has 0 spiro atoms. The van der Waals surface area contributed by atoms with Gasteiger partial charge in [-0.25, -0.2) is 0 Å². The van der Waals surface area contributed by atoms with Crippen molar-refractivity contribution >= 4 is 5.91 Å². The first kappa shape index (κ1) is 15.7. The minimum Gasteiger partial charge on any atom is -0.435 e. The molecule has 0 aromatic heterocycles. The van der Waals surface area contributed by atoms with Crippen LogP contribution < -0.4 is 10.1 Å². The number of hydrogen-bond donors (Lipinski definition) is 2. The molecule has 2 rings (SSSR count). The zero-order valence-corrected chi connectivity index (χ0v) is 12.0. The van der Waals surface area contributed by atoms with Gasteiger partial charge in [0.2, 0.25) is 5.91 Å². The lowest BCUT2D eigenvalue weighted by molar-refractivity contribution is -0.128. The molecule has 0 bridgehead atoms. The third-order valence-electron chi connectivity index (χ3n) is 4.06. The van der Waals surface area contributed by atoms with E-state index in [1.807, 2.05) is 13.8 Å². The summed E-state index contributed by atoms with van der Waals surface area (Å²) in [5, 5.41) is 12.5. The van der Waals surface area contributed by atoms with Crippen molar-refractivity contribution in [1.82, 2.24) is 5.32 Å². The largest absolute Gasteiger partial charge is 0.435 e. The van der Waals surface area contributed by atoms with Gasteiger partial charge >= 0.3 is 6.61 Å². The maximum atomic E-state index is 12.0. The third-order valence-corrected chi connectivity index (χ3v) is 4.06. The predicted molar refractivity (Wildman–Crippen MR) is 73.1 cm³/mol. The molecular weight excluding hydrogens is 280 g/mol. The SMILES string of the molecule is CC1(C)C(O)CC1NC(=O)Cc1ccc(OC(F)F)cc1. The van der Waals surface area contributed by atoms with Crippen molar-refractivity contribution in [3.05, 3.63) is 29.8 Å². The van der Waals surface area contributed by atoms with E-state index < -0.39 is 12.7 Å². The van der Waals surface area contributed by atoms with Crippen molar-refractivity contribution in [2.75, 3.05) is 0 Å². The summed E-state index contributed by atoms with van der Waals surface area (Å²) in [5.74, 6) is -0.0834. The van der Waals surface area contributed by atoms with Gasteiger partial charge < -0.3 is 15.2 Å². The molecule has 0 aliphatic heterocycles. The van der Waals surface area contributed by atoms with E-state index in [-0.39, 0.29) is 29.5 Å². The van der Waals surface area contributed by atoms with Gasteiger partial charge in [0.15, 0.2) is 0 Å². The van der Waals surface area contributed by atoms with Crippen LogP contribution in [0.2, 0.25) is 0 Å². The number of benzene rings is 1. The summed E-state index contributed by atoms with van der Waals surface area (Å²) in [7, 11) is 0. The van der Waals surface area contributed by atoms with Gasteiger partial charge in [0.1, 0.15) is 5.75 Å². The normalized spacial score (nSPS) is 23.5. The van der Waals surface area contributed by atoms with Crippen molar-refractivity contribution in [2.24, 2.45) is 5.41 Å². The molecule has 1 aromatic carbocycles. The fourth-order valence-corrected chi connectivity index (χ4v) is 2.37. The molecule has 116 valence electrons. The number of aliphatic hydroxyl groups is 1. The number of rotatable bonds is 5. The Morgan fingerprint density at radius 2 is 2.05 bits per heavy atom. The molecule has 2 atom stereocenters. The van der Waals surface area contributed by atoms with E-state index in [0.717, 1.165) is 0 Å². The zero-order chi connectivity index (χ0) is 15.6. The van der Waals surface area contributed by atoms with Crippen molar-refractivity contribution in [1.29, 1.82) is 0 Å². The van der Waals surface area contributed by atoms with E-state index >= 15 is 0 Å². The molecule has 1 saturated carbocycles. The van der Waals surface area contributed by atoms with Crippen molar-refractivity contribution in [3.8, 4) is 5.75 Å². The van der Waals surface area contributed by atoms with Crippen LogP contribution in [0.25, 0.3) is 0 Å². The first-order chi connectivity index (χ1) is 9.79. The van der Waals surface area contributed by atoms with E-state index in [4.69, 9.17) is 0 Å². The summed E-state index contributed by atoms with van der Waals surface area (Å²) in [6.07, 6.45) is 0.325. The Bertz CT molecular complexity index is 502. The lowest BCUT2D eigenvalue weighted by Crippen LogP contribution is -2.61. The zero-order valence-electron chi connectivity index (χ0n) is 12.0. The van der Waals surface area contributed by atoms with E-state index in [9.17, 15) is 18.7 Å². The number of nitrogens with one attached hydrogen (secondary N) is 1. The first-order valence-corrected chi connectivity index (χ1v) is 6.80. The summed E-state index contributed by atoms with van der Waals surface area (Å²) >= 11 is 0. The van der Waals surface area contributed by atoms with Gasteiger partial charge in [0.25, 0.3) is 0 Å². The first-order valence-electron chi connectivity index (χ1n) is 6.80. The summed E-state index contributed by atoms with van der Waals surface area (Å²) in [6.45, 7) is 0.956. The number of carbonyl (C=O) groups excluding carboxylic acids is 1. The molecular formula is C15H19F2NO3. The highest BCUT2D eigenvalue weighted by molar-refractivity contribution is 5.79. The summed E-state index contributed by atoms with van der Waals surface area (Å²) < 4.78 is 28.3. The Morgan fingerprint density at radius 1 is 1.43 bits per heavy atom. The lowest BCUT2D eigenvalue weighted by atomic mass is 9.64. The number of aliphatic hydroxyl groups excluding tert-OH is 1. The molecule has 0 heterocycles. The number of alkyl halides is 2. The van der Waals surface area contributed by atoms with Crippen LogP contribution in [0, 0.1) is 5.41 Å². The van der Waals surface area contributed by atoms with E-state index in [1.54, 1.807) is 12.1 Å². The maximum absolute atomic E-state index is 12.0. The Morgan fingerprint density at radius 3 is 2.52 bits per heavy atom. The maximum Gasteiger partial charge on any atom is 0.387 e. The Balaban J connectivity index is 1.86. The summed E-state index contributed by atoms with van der Waals surface area (Å²) in [5.41, 5.74) is 0.400. The van der Waals surface area contributed by atoms with Crippen LogP contribution in [-0.4, -0.2) is 29.8 Å². The molecule has 1 aromatic rings. The predicted octanol–water partition coefficient (Wildman–Crippen LogP) is 2.11. The summed E-state index contributed by atoms with van der Waals surface area (Å²) in [4.78, 5) is 11.9. The fraction of sp³-hybridized carbons (Fsp3) is 0.533. The molecule has 2 N–H and O–H groups in total. The van der Waals surface area contributed by atoms with Gasteiger partial charge in [-0.15, -0.1) is 0 Å². The lowest BCUT2D eigenvalue weighted by Gasteiger charge is -2.49. The van der Waals surface area contributed by atoms with Gasteiger partial charge in [-0.1, -0.05) is 26.0 Å². The molecule has 1 amide bonds. The van der Waals surface area contributed by atoms with Crippen LogP contribution in [0.5, 0.6) is 5.75 Å². The number of amides is 1. The molecule has 1 aliphatic carbocycles. The van der Waals surface area contributed by atoms with Crippen LogP contribution in [0.15, 0.2) is 24.3 Å². The molecule has 4 nitrogen and oxygen atoms in total. The average molecular weight is 299 g/mol. The van der Waals surface area contributed by atoms with Gasteiger partial charge in [-0.3, -0.25) is 4.79 Å².